The maximum Gasteiger partial charge on any atom is 0.534 e. The molecule has 0 aliphatic carbocycles. The minimum atomic E-state index is -6.00. The van der Waals surface area contributed by atoms with Gasteiger partial charge in [-0.25, -0.2) is 4.79 Å². The monoisotopic (exact) mass is 370 g/mol. The Morgan fingerprint density at radius 3 is 2.43 bits per heavy atom. The molecule has 2 aromatic rings. The van der Waals surface area contributed by atoms with Crippen molar-refractivity contribution >= 4 is 27.7 Å². The Kier molecular flexibility index (Phi) is 4.26. The van der Waals surface area contributed by atoms with Crippen molar-refractivity contribution in [2.24, 2.45) is 0 Å². The number of carbonyl (C=O) groups is 1. The number of rotatable bonds is 4. The van der Waals surface area contributed by atoms with E-state index < -0.39 is 33.2 Å². The van der Waals surface area contributed by atoms with Crippen LogP contribution in [0, 0.1) is 0 Å². The molecule has 0 amide bonds. The van der Waals surface area contributed by atoms with Crippen LogP contribution in [-0.2, 0) is 10.1 Å². The zero-order chi connectivity index (χ0) is 17.4. The SMILES string of the molecule is O=C(O)c1cc(OS(=O)(=O)C(F)(F)F)n(-c2ccccc2Cl)n1. The van der Waals surface area contributed by atoms with Crippen molar-refractivity contribution in [1.82, 2.24) is 9.78 Å². The van der Waals surface area contributed by atoms with Crippen LogP contribution in [0.15, 0.2) is 30.3 Å². The number of para-hydroxylation sites is 1. The molecule has 0 spiro atoms. The number of hydrogen-bond donors (Lipinski definition) is 1. The van der Waals surface area contributed by atoms with Crippen LogP contribution in [0.3, 0.4) is 0 Å². The summed E-state index contributed by atoms with van der Waals surface area (Å²) in [7, 11) is -6.00. The molecule has 2 rings (SSSR count). The minimum absolute atomic E-state index is 0.0122. The lowest BCUT2D eigenvalue weighted by Gasteiger charge is -2.11. The molecule has 1 aromatic heterocycles. The summed E-state index contributed by atoms with van der Waals surface area (Å²) < 4.78 is 64.0. The molecule has 0 saturated carbocycles. The van der Waals surface area contributed by atoms with E-state index >= 15 is 0 Å². The summed E-state index contributed by atoms with van der Waals surface area (Å²) in [5.41, 5.74) is -6.47. The average molecular weight is 371 g/mol. The zero-order valence-electron chi connectivity index (χ0n) is 10.8. The lowest BCUT2D eigenvalue weighted by atomic mass is 10.3. The van der Waals surface area contributed by atoms with Crippen LogP contribution in [0.25, 0.3) is 5.69 Å². The summed E-state index contributed by atoms with van der Waals surface area (Å²) in [5.74, 6) is -2.56. The maximum atomic E-state index is 12.4. The largest absolute Gasteiger partial charge is 0.534 e. The van der Waals surface area contributed by atoms with Gasteiger partial charge in [0, 0.05) is 6.07 Å². The number of nitrogens with zero attached hydrogens (tertiary/aromatic N) is 2. The van der Waals surface area contributed by atoms with E-state index in [0.717, 1.165) is 0 Å². The lowest BCUT2D eigenvalue weighted by Crippen LogP contribution is -2.28. The van der Waals surface area contributed by atoms with Gasteiger partial charge < -0.3 is 9.29 Å². The van der Waals surface area contributed by atoms with E-state index in [2.05, 4.69) is 9.28 Å². The molecule has 12 heteroatoms. The minimum Gasteiger partial charge on any atom is -0.476 e. The standard InChI is InChI=1S/C11H6ClF3N2O5S/c12-6-3-1-2-4-8(6)17-9(5-7(16-17)10(18)19)22-23(20,21)11(13,14)15/h1-5H,(H,18,19). The van der Waals surface area contributed by atoms with E-state index in [4.69, 9.17) is 16.7 Å². The van der Waals surface area contributed by atoms with Crippen LogP contribution in [0.2, 0.25) is 5.02 Å². The summed E-state index contributed by atoms with van der Waals surface area (Å²) in [5, 5.41) is 12.3. The summed E-state index contributed by atoms with van der Waals surface area (Å²) in [4.78, 5) is 10.9. The Labute approximate surface area is 132 Å². The number of halogens is 4. The third kappa shape index (κ3) is 3.40. The van der Waals surface area contributed by atoms with Crippen LogP contribution < -0.4 is 4.18 Å². The van der Waals surface area contributed by atoms with Crippen molar-refractivity contribution in [3.8, 4) is 11.6 Å². The molecule has 1 heterocycles. The smallest absolute Gasteiger partial charge is 0.476 e. The predicted octanol–water partition coefficient (Wildman–Crippen LogP) is 2.45. The third-order valence-corrected chi connectivity index (χ3v) is 3.73. The zero-order valence-corrected chi connectivity index (χ0v) is 12.4. The van der Waals surface area contributed by atoms with Crippen LogP contribution >= 0.6 is 11.6 Å². The molecule has 0 aliphatic heterocycles. The van der Waals surface area contributed by atoms with Crippen molar-refractivity contribution in [3.63, 3.8) is 0 Å². The molecule has 124 valence electrons. The summed E-state index contributed by atoms with van der Waals surface area (Å²) in [6, 6.07) is 6.11. The van der Waals surface area contributed by atoms with E-state index in [0.29, 0.717) is 10.7 Å². The number of aromatic carboxylic acids is 1. The molecule has 0 radical (unpaired) electrons. The molecule has 0 aliphatic rings. The summed E-state index contributed by atoms with van der Waals surface area (Å²) in [6.07, 6.45) is 0. The number of carboxylic acid groups (broad SMARTS) is 1. The van der Waals surface area contributed by atoms with Crippen molar-refractivity contribution in [3.05, 3.63) is 41.0 Å². The fraction of sp³-hybridized carbons (Fsp3) is 0.0909. The molecule has 23 heavy (non-hydrogen) atoms. The first-order valence-corrected chi connectivity index (χ1v) is 7.40. The Balaban J connectivity index is 2.60. The molecule has 0 atom stereocenters. The van der Waals surface area contributed by atoms with Gasteiger partial charge in [0.15, 0.2) is 5.69 Å². The van der Waals surface area contributed by atoms with Gasteiger partial charge in [-0.05, 0) is 12.1 Å². The highest BCUT2D eigenvalue weighted by molar-refractivity contribution is 7.87. The fourth-order valence-electron chi connectivity index (χ4n) is 1.48. The second-order valence-electron chi connectivity index (χ2n) is 4.02. The Hall–Kier alpha value is -2.27. The lowest BCUT2D eigenvalue weighted by molar-refractivity contribution is -0.0502. The fourth-order valence-corrected chi connectivity index (χ4v) is 2.14. The highest BCUT2D eigenvalue weighted by Gasteiger charge is 2.49. The van der Waals surface area contributed by atoms with E-state index in [1.807, 2.05) is 0 Å². The molecule has 0 unspecified atom stereocenters. The molecular formula is C11H6ClF3N2O5S. The first-order chi connectivity index (χ1) is 10.5. The summed E-state index contributed by atoms with van der Waals surface area (Å²) in [6.45, 7) is 0. The van der Waals surface area contributed by atoms with E-state index in [1.165, 1.54) is 24.3 Å². The Bertz CT molecular complexity index is 863. The first kappa shape index (κ1) is 17.1. The number of hydrogen-bond acceptors (Lipinski definition) is 5. The highest BCUT2D eigenvalue weighted by Crippen LogP contribution is 2.30. The number of carboxylic acids is 1. The van der Waals surface area contributed by atoms with Crippen molar-refractivity contribution < 1.29 is 35.7 Å². The second-order valence-corrected chi connectivity index (χ2v) is 5.96. The van der Waals surface area contributed by atoms with Gasteiger partial charge in [0.25, 0.3) is 0 Å². The van der Waals surface area contributed by atoms with Gasteiger partial charge in [-0.1, -0.05) is 23.7 Å². The first-order valence-electron chi connectivity index (χ1n) is 5.62. The van der Waals surface area contributed by atoms with Gasteiger partial charge in [-0.2, -0.15) is 31.4 Å². The van der Waals surface area contributed by atoms with Gasteiger partial charge in [-0.3, -0.25) is 0 Å². The number of benzene rings is 1. The molecule has 1 aromatic carbocycles. The predicted molar refractivity (Wildman–Crippen MR) is 71.1 cm³/mol. The van der Waals surface area contributed by atoms with Crippen LogP contribution in [-0.4, -0.2) is 34.8 Å². The van der Waals surface area contributed by atoms with Crippen molar-refractivity contribution in [1.29, 1.82) is 0 Å². The van der Waals surface area contributed by atoms with E-state index in [1.54, 1.807) is 0 Å². The molecule has 1 N–H and O–H groups in total. The van der Waals surface area contributed by atoms with Gasteiger partial charge in [0.1, 0.15) is 0 Å². The third-order valence-electron chi connectivity index (χ3n) is 2.46. The molecule has 0 fully saturated rings. The van der Waals surface area contributed by atoms with E-state index in [-0.39, 0.29) is 10.7 Å². The van der Waals surface area contributed by atoms with Gasteiger partial charge in [-0.15, -0.1) is 0 Å². The van der Waals surface area contributed by atoms with Crippen molar-refractivity contribution in [2.75, 3.05) is 0 Å². The van der Waals surface area contributed by atoms with Crippen LogP contribution in [0.5, 0.6) is 5.88 Å². The average Bonchev–Trinajstić information content (AvgIpc) is 2.81. The summed E-state index contributed by atoms with van der Waals surface area (Å²) >= 11 is 5.85. The Morgan fingerprint density at radius 1 is 1.30 bits per heavy atom. The number of alkyl halides is 3. The van der Waals surface area contributed by atoms with Crippen molar-refractivity contribution in [2.45, 2.75) is 5.51 Å². The van der Waals surface area contributed by atoms with Crippen LogP contribution in [0.4, 0.5) is 13.2 Å². The van der Waals surface area contributed by atoms with Crippen LogP contribution in [0.1, 0.15) is 10.5 Å². The molecule has 0 bridgehead atoms. The molecule has 7 nitrogen and oxygen atoms in total. The quantitative estimate of drug-likeness (QED) is 0.655. The second kappa shape index (κ2) is 5.74. The molecular weight excluding hydrogens is 365 g/mol. The van der Waals surface area contributed by atoms with Gasteiger partial charge in [0.2, 0.25) is 5.88 Å². The maximum absolute atomic E-state index is 12.4. The number of aromatic nitrogens is 2. The Morgan fingerprint density at radius 2 is 1.91 bits per heavy atom. The highest BCUT2D eigenvalue weighted by atomic mass is 35.5. The van der Waals surface area contributed by atoms with Gasteiger partial charge >= 0.3 is 21.6 Å². The molecule has 0 saturated heterocycles. The van der Waals surface area contributed by atoms with Gasteiger partial charge in [0.05, 0.1) is 10.7 Å². The van der Waals surface area contributed by atoms with E-state index in [9.17, 15) is 26.4 Å². The topological polar surface area (TPSA) is 98.5 Å². The normalized spacial score (nSPS) is 12.2.